The lowest BCUT2D eigenvalue weighted by Crippen LogP contribution is -2.41. The monoisotopic (exact) mass is 278 g/mol. The maximum atomic E-state index is 11.8. The number of amides is 1. The summed E-state index contributed by atoms with van der Waals surface area (Å²) in [4.78, 5) is 13.4. The second-order valence-electron chi connectivity index (χ2n) is 5.91. The van der Waals surface area contributed by atoms with Crippen molar-refractivity contribution < 1.29 is 4.79 Å². The van der Waals surface area contributed by atoms with Crippen LogP contribution in [0, 0.1) is 0 Å². The second kappa shape index (κ2) is 6.88. The Labute approximate surface area is 121 Å². The SMILES string of the molecule is CC(NCc1ccn(C2CCCCC2)n1)C(=O)N(C)C. The van der Waals surface area contributed by atoms with Crippen molar-refractivity contribution in [1.29, 1.82) is 0 Å². The highest BCUT2D eigenvalue weighted by molar-refractivity contribution is 5.80. The molecule has 0 saturated heterocycles. The maximum absolute atomic E-state index is 11.8. The minimum atomic E-state index is -0.176. The van der Waals surface area contributed by atoms with Crippen LogP contribution in [0.4, 0.5) is 0 Å². The Morgan fingerprint density at radius 2 is 2.15 bits per heavy atom. The van der Waals surface area contributed by atoms with E-state index in [9.17, 15) is 4.79 Å². The van der Waals surface area contributed by atoms with Gasteiger partial charge >= 0.3 is 0 Å². The molecule has 1 N–H and O–H groups in total. The minimum Gasteiger partial charge on any atom is -0.347 e. The number of nitrogens with one attached hydrogen (secondary N) is 1. The van der Waals surface area contributed by atoms with Crippen LogP contribution < -0.4 is 5.32 Å². The summed E-state index contributed by atoms with van der Waals surface area (Å²) in [5, 5.41) is 7.87. The predicted octanol–water partition coefficient (Wildman–Crippen LogP) is 1.95. The van der Waals surface area contributed by atoms with Crippen LogP contribution in [0.1, 0.15) is 50.8 Å². The number of hydrogen-bond donors (Lipinski definition) is 1. The molecule has 5 heteroatoms. The molecule has 0 aromatic carbocycles. The lowest BCUT2D eigenvalue weighted by molar-refractivity contribution is -0.130. The van der Waals surface area contributed by atoms with Gasteiger partial charge in [-0.3, -0.25) is 9.48 Å². The lowest BCUT2D eigenvalue weighted by Gasteiger charge is -2.21. The molecule has 1 aromatic heterocycles. The largest absolute Gasteiger partial charge is 0.347 e. The van der Waals surface area contributed by atoms with Crippen molar-refractivity contribution in [2.24, 2.45) is 0 Å². The van der Waals surface area contributed by atoms with E-state index in [1.54, 1.807) is 19.0 Å². The molecule has 1 aliphatic rings. The quantitative estimate of drug-likeness (QED) is 0.895. The number of carbonyl (C=O) groups is 1. The van der Waals surface area contributed by atoms with Gasteiger partial charge < -0.3 is 10.2 Å². The summed E-state index contributed by atoms with van der Waals surface area (Å²) in [6, 6.07) is 2.44. The van der Waals surface area contributed by atoms with E-state index in [0.29, 0.717) is 12.6 Å². The first-order chi connectivity index (χ1) is 9.58. The third-order valence-corrected chi connectivity index (χ3v) is 4.01. The molecule has 1 aliphatic carbocycles. The van der Waals surface area contributed by atoms with Gasteiger partial charge in [0, 0.05) is 26.8 Å². The van der Waals surface area contributed by atoms with Gasteiger partial charge in [0.1, 0.15) is 0 Å². The molecule has 0 radical (unpaired) electrons. The van der Waals surface area contributed by atoms with Crippen molar-refractivity contribution in [3.63, 3.8) is 0 Å². The Bertz CT molecular complexity index is 435. The van der Waals surface area contributed by atoms with Crippen LogP contribution in [0.2, 0.25) is 0 Å². The lowest BCUT2D eigenvalue weighted by atomic mass is 9.96. The van der Waals surface area contributed by atoms with E-state index in [1.807, 2.05) is 6.92 Å². The second-order valence-corrected chi connectivity index (χ2v) is 5.91. The molecule has 1 aromatic rings. The molecule has 0 spiro atoms. The Hall–Kier alpha value is -1.36. The standard InChI is InChI=1S/C15H26N4O/c1-12(15(20)18(2)3)16-11-13-9-10-19(17-13)14-7-5-4-6-8-14/h9-10,12,14,16H,4-8,11H2,1-3H3. The number of likely N-dealkylation sites (N-methyl/N-ethyl adjacent to an activating group) is 1. The van der Waals surface area contributed by atoms with Gasteiger partial charge in [0.25, 0.3) is 0 Å². The maximum Gasteiger partial charge on any atom is 0.238 e. The van der Waals surface area contributed by atoms with Gasteiger partial charge in [-0.15, -0.1) is 0 Å². The van der Waals surface area contributed by atoms with E-state index in [4.69, 9.17) is 0 Å². The van der Waals surface area contributed by atoms with Crippen molar-refractivity contribution >= 4 is 5.91 Å². The molecule has 2 rings (SSSR count). The topological polar surface area (TPSA) is 50.2 Å². The zero-order chi connectivity index (χ0) is 14.5. The van der Waals surface area contributed by atoms with Crippen LogP contribution in [0.15, 0.2) is 12.3 Å². The molecule has 1 heterocycles. The molecular formula is C15H26N4O. The average Bonchev–Trinajstić information content (AvgIpc) is 2.93. The van der Waals surface area contributed by atoms with Crippen LogP contribution >= 0.6 is 0 Å². The fourth-order valence-corrected chi connectivity index (χ4v) is 2.75. The number of rotatable bonds is 5. The summed E-state index contributed by atoms with van der Waals surface area (Å²) in [6.45, 7) is 2.53. The average molecular weight is 278 g/mol. The highest BCUT2D eigenvalue weighted by Crippen LogP contribution is 2.27. The van der Waals surface area contributed by atoms with Crippen LogP contribution in [0.5, 0.6) is 0 Å². The molecule has 0 bridgehead atoms. The summed E-state index contributed by atoms with van der Waals surface area (Å²) in [7, 11) is 3.55. The Morgan fingerprint density at radius 3 is 2.80 bits per heavy atom. The van der Waals surface area contributed by atoms with Crippen LogP contribution in [-0.4, -0.2) is 40.7 Å². The van der Waals surface area contributed by atoms with Crippen molar-refractivity contribution in [1.82, 2.24) is 20.0 Å². The molecule has 1 saturated carbocycles. The van der Waals surface area contributed by atoms with E-state index in [1.165, 1.54) is 32.1 Å². The zero-order valence-corrected chi connectivity index (χ0v) is 12.8. The molecule has 1 atom stereocenters. The Balaban J connectivity index is 1.85. The first-order valence-electron chi connectivity index (χ1n) is 7.56. The van der Waals surface area contributed by atoms with E-state index in [0.717, 1.165) is 5.69 Å². The highest BCUT2D eigenvalue weighted by Gasteiger charge is 2.17. The molecule has 112 valence electrons. The molecular weight excluding hydrogens is 252 g/mol. The van der Waals surface area contributed by atoms with Gasteiger partial charge in [-0.1, -0.05) is 19.3 Å². The van der Waals surface area contributed by atoms with Gasteiger partial charge in [-0.05, 0) is 25.8 Å². The number of aromatic nitrogens is 2. The number of carbonyl (C=O) groups excluding carboxylic acids is 1. The number of nitrogens with zero attached hydrogens (tertiary/aromatic N) is 3. The molecule has 0 aliphatic heterocycles. The van der Waals surface area contributed by atoms with Crippen molar-refractivity contribution in [3.05, 3.63) is 18.0 Å². The van der Waals surface area contributed by atoms with E-state index >= 15 is 0 Å². The van der Waals surface area contributed by atoms with E-state index in [2.05, 4.69) is 27.4 Å². The van der Waals surface area contributed by atoms with Gasteiger partial charge in [-0.25, -0.2) is 0 Å². The zero-order valence-electron chi connectivity index (χ0n) is 12.8. The fraction of sp³-hybridized carbons (Fsp3) is 0.733. The fourth-order valence-electron chi connectivity index (χ4n) is 2.75. The molecule has 20 heavy (non-hydrogen) atoms. The summed E-state index contributed by atoms with van der Waals surface area (Å²) < 4.78 is 2.11. The van der Waals surface area contributed by atoms with Crippen molar-refractivity contribution in [2.45, 2.75) is 57.7 Å². The van der Waals surface area contributed by atoms with Gasteiger partial charge in [0.15, 0.2) is 0 Å². The summed E-state index contributed by atoms with van der Waals surface area (Å²) in [5.74, 6) is 0.0942. The summed E-state index contributed by atoms with van der Waals surface area (Å²) >= 11 is 0. The Morgan fingerprint density at radius 1 is 1.45 bits per heavy atom. The van der Waals surface area contributed by atoms with Crippen molar-refractivity contribution in [2.75, 3.05) is 14.1 Å². The van der Waals surface area contributed by atoms with Crippen molar-refractivity contribution in [3.8, 4) is 0 Å². The van der Waals surface area contributed by atoms with Crippen LogP contribution in [0.25, 0.3) is 0 Å². The van der Waals surface area contributed by atoms with Crippen LogP contribution in [0.3, 0.4) is 0 Å². The van der Waals surface area contributed by atoms with E-state index < -0.39 is 0 Å². The first kappa shape index (κ1) is 15.0. The predicted molar refractivity (Wildman–Crippen MR) is 79.3 cm³/mol. The normalized spacial score (nSPS) is 17.9. The molecule has 1 fully saturated rings. The summed E-state index contributed by atoms with van der Waals surface area (Å²) in [5.41, 5.74) is 1.01. The minimum absolute atomic E-state index is 0.0942. The number of hydrogen-bond acceptors (Lipinski definition) is 3. The smallest absolute Gasteiger partial charge is 0.238 e. The molecule has 1 amide bonds. The van der Waals surface area contributed by atoms with Crippen LogP contribution in [-0.2, 0) is 11.3 Å². The van der Waals surface area contributed by atoms with E-state index in [-0.39, 0.29) is 11.9 Å². The third-order valence-electron chi connectivity index (χ3n) is 4.01. The van der Waals surface area contributed by atoms with Gasteiger partial charge in [-0.2, -0.15) is 5.10 Å². The highest BCUT2D eigenvalue weighted by atomic mass is 16.2. The molecule has 1 unspecified atom stereocenters. The summed E-state index contributed by atoms with van der Waals surface area (Å²) in [6.07, 6.45) is 8.54. The Kier molecular flexibility index (Phi) is 5.17. The molecule has 5 nitrogen and oxygen atoms in total. The van der Waals surface area contributed by atoms with Gasteiger partial charge in [0.2, 0.25) is 5.91 Å². The first-order valence-corrected chi connectivity index (χ1v) is 7.56. The van der Waals surface area contributed by atoms with Gasteiger partial charge in [0.05, 0.1) is 17.8 Å². The third kappa shape index (κ3) is 3.82.